The van der Waals surface area contributed by atoms with Gasteiger partial charge in [-0.3, -0.25) is 0 Å². The van der Waals surface area contributed by atoms with Crippen molar-refractivity contribution in [2.75, 3.05) is 9.80 Å². The quantitative estimate of drug-likeness (QED) is 0.0996. The summed E-state index contributed by atoms with van der Waals surface area (Å²) < 4.78 is 0. The van der Waals surface area contributed by atoms with Crippen LogP contribution in [0, 0.1) is 13.8 Å². The van der Waals surface area contributed by atoms with Crippen LogP contribution in [0.3, 0.4) is 0 Å². The van der Waals surface area contributed by atoms with E-state index >= 15 is 0 Å². The standard InChI is InChI=1S/C64H64N2Si2/c1-43-30-32-45(52-26-18-20-28-60(52)67(6,7)8)40-56(43)65(50-22-14-12-15-23-50)58-42-59(55-37-35-48-39-49(64(3,4)5)38-47-34-36-54(58)63(55)62(47)48)66(51-24-16-13-17-25-51)57-41-46(33-31-44(57)2)53-27-19-21-29-61(53)68(9,10)11/h12-42H,1-11H3. The molecule has 0 saturated heterocycles. The van der Waals surface area contributed by atoms with Crippen molar-refractivity contribution in [3.8, 4) is 22.3 Å². The smallest absolute Gasteiger partial charge is 0.0784 e. The highest BCUT2D eigenvalue weighted by Gasteiger charge is 2.29. The van der Waals surface area contributed by atoms with Crippen LogP contribution in [0.4, 0.5) is 34.1 Å². The fourth-order valence-electron chi connectivity index (χ4n) is 10.5. The van der Waals surface area contributed by atoms with Gasteiger partial charge in [-0.2, -0.15) is 0 Å². The third-order valence-corrected chi connectivity index (χ3v) is 18.1. The maximum Gasteiger partial charge on any atom is 0.0784 e. The minimum Gasteiger partial charge on any atom is -0.310 e. The van der Waals surface area contributed by atoms with E-state index in [9.17, 15) is 0 Å². The molecule has 4 heteroatoms. The van der Waals surface area contributed by atoms with Crippen LogP contribution in [-0.2, 0) is 5.41 Å². The number of hydrogen-bond acceptors (Lipinski definition) is 2. The highest BCUT2D eigenvalue weighted by Crippen LogP contribution is 2.52. The zero-order chi connectivity index (χ0) is 47.7. The van der Waals surface area contributed by atoms with E-state index in [0.717, 1.165) is 22.7 Å². The largest absolute Gasteiger partial charge is 0.310 e. The van der Waals surface area contributed by atoms with Crippen LogP contribution in [0.15, 0.2) is 188 Å². The van der Waals surface area contributed by atoms with E-state index in [-0.39, 0.29) is 5.41 Å². The lowest BCUT2D eigenvalue weighted by Gasteiger charge is -2.34. The normalized spacial score (nSPS) is 12.3. The maximum atomic E-state index is 2.54. The molecule has 2 nitrogen and oxygen atoms in total. The fourth-order valence-corrected chi connectivity index (χ4v) is 13.7. The number of rotatable bonds is 10. The topological polar surface area (TPSA) is 6.48 Å². The summed E-state index contributed by atoms with van der Waals surface area (Å²) in [6, 6.07) is 71.4. The molecule has 0 fully saturated rings. The molecular formula is C64H64N2Si2. The molecule has 0 atom stereocenters. The first-order valence-electron chi connectivity index (χ1n) is 24.3. The van der Waals surface area contributed by atoms with Crippen LogP contribution in [0.25, 0.3) is 54.6 Å². The van der Waals surface area contributed by atoms with E-state index in [4.69, 9.17) is 0 Å². The molecule has 0 heterocycles. The van der Waals surface area contributed by atoms with Crippen molar-refractivity contribution in [2.45, 2.75) is 79.3 Å². The zero-order valence-corrected chi connectivity index (χ0v) is 43.8. The Hall–Kier alpha value is -6.73. The summed E-state index contributed by atoms with van der Waals surface area (Å²) in [7, 11) is -3.36. The van der Waals surface area contributed by atoms with Gasteiger partial charge in [0.2, 0.25) is 0 Å². The van der Waals surface area contributed by atoms with Crippen molar-refractivity contribution < 1.29 is 0 Å². The van der Waals surface area contributed by atoms with Crippen molar-refractivity contribution >= 4 is 93.0 Å². The monoisotopic (exact) mass is 916 g/mol. The summed E-state index contributed by atoms with van der Waals surface area (Å²) in [4.78, 5) is 5.09. The summed E-state index contributed by atoms with van der Waals surface area (Å²) >= 11 is 0. The minimum atomic E-state index is -1.68. The SMILES string of the molecule is Cc1ccc(-c2ccccc2[Si](C)(C)C)cc1N(c1ccccc1)c1cc(N(c2ccccc2)c2cc(-c3ccccc3[Si](C)(C)C)ccc2C)c2ccc3cc(C(C)(C)C)cc4ccc1c2c43. The van der Waals surface area contributed by atoms with Crippen LogP contribution in [0.2, 0.25) is 39.3 Å². The molecule has 10 aromatic rings. The molecule has 0 unspecified atom stereocenters. The molecule has 0 aliphatic heterocycles. The molecule has 338 valence electrons. The average Bonchev–Trinajstić information content (AvgIpc) is 3.32. The molecule has 0 saturated carbocycles. The molecule has 0 N–H and O–H groups in total. The van der Waals surface area contributed by atoms with Gasteiger partial charge in [0.05, 0.1) is 27.5 Å². The third-order valence-electron chi connectivity index (χ3n) is 14.0. The van der Waals surface area contributed by atoms with Crippen LogP contribution >= 0.6 is 0 Å². The lowest BCUT2D eigenvalue weighted by atomic mass is 9.83. The predicted octanol–water partition coefficient (Wildman–Crippen LogP) is 17.9. The molecule has 10 aromatic carbocycles. The second-order valence-corrected chi connectivity index (χ2v) is 32.1. The molecule has 0 spiro atoms. The lowest BCUT2D eigenvalue weighted by molar-refractivity contribution is 0.591. The molecule has 0 aliphatic rings. The Morgan fingerprint density at radius 2 is 0.765 bits per heavy atom. The first-order valence-corrected chi connectivity index (χ1v) is 31.3. The Kier molecular flexibility index (Phi) is 11.3. The van der Waals surface area contributed by atoms with E-state index in [0.29, 0.717) is 0 Å². The van der Waals surface area contributed by atoms with E-state index in [1.165, 1.54) is 93.0 Å². The predicted molar refractivity (Wildman–Crippen MR) is 305 cm³/mol. The van der Waals surface area contributed by atoms with Gasteiger partial charge in [0, 0.05) is 38.9 Å². The Bertz CT molecular complexity index is 3260. The van der Waals surface area contributed by atoms with Crippen LogP contribution < -0.4 is 20.2 Å². The highest BCUT2D eigenvalue weighted by atomic mass is 28.3. The highest BCUT2D eigenvalue weighted by molar-refractivity contribution is 6.90. The number of para-hydroxylation sites is 2. The second kappa shape index (κ2) is 17.1. The van der Waals surface area contributed by atoms with E-state index in [1.54, 1.807) is 0 Å². The summed E-state index contributed by atoms with van der Waals surface area (Å²) in [6.07, 6.45) is 0. The second-order valence-electron chi connectivity index (χ2n) is 22.0. The van der Waals surface area contributed by atoms with Crippen molar-refractivity contribution in [2.24, 2.45) is 0 Å². The van der Waals surface area contributed by atoms with Gasteiger partial charge in [0.15, 0.2) is 0 Å². The molecule has 10 rings (SSSR count). The Morgan fingerprint density at radius 1 is 0.368 bits per heavy atom. The van der Waals surface area contributed by atoms with Crippen LogP contribution in [0.5, 0.6) is 0 Å². The minimum absolute atomic E-state index is 0.00225. The Balaban J connectivity index is 1.33. The van der Waals surface area contributed by atoms with Crippen LogP contribution in [-0.4, -0.2) is 16.1 Å². The van der Waals surface area contributed by atoms with Crippen molar-refractivity contribution in [1.82, 2.24) is 0 Å². The van der Waals surface area contributed by atoms with Crippen LogP contribution in [0.1, 0.15) is 37.5 Å². The third kappa shape index (κ3) is 8.14. The van der Waals surface area contributed by atoms with E-state index in [2.05, 4.69) is 272 Å². The number of aryl methyl sites for hydroxylation is 2. The Labute approximate surface area is 406 Å². The van der Waals surface area contributed by atoms with Gasteiger partial charge in [-0.25, -0.2) is 0 Å². The van der Waals surface area contributed by atoms with Gasteiger partial charge in [0.1, 0.15) is 0 Å². The molecule has 68 heavy (non-hydrogen) atoms. The first kappa shape index (κ1) is 45.1. The average molecular weight is 917 g/mol. The number of nitrogens with zero attached hydrogens (tertiary/aromatic N) is 2. The van der Waals surface area contributed by atoms with Gasteiger partial charge < -0.3 is 9.80 Å². The van der Waals surface area contributed by atoms with Gasteiger partial charge in [-0.15, -0.1) is 0 Å². The van der Waals surface area contributed by atoms with Gasteiger partial charge >= 0.3 is 0 Å². The van der Waals surface area contributed by atoms with E-state index < -0.39 is 16.1 Å². The number of anilines is 6. The summed E-state index contributed by atoms with van der Waals surface area (Å²) in [5.41, 5.74) is 15.8. The van der Waals surface area contributed by atoms with Gasteiger partial charge in [0.25, 0.3) is 0 Å². The van der Waals surface area contributed by atoms with Gasteiger partial charge in [-0.1, -0.05) is 216 Å². The number of benzene rings is 10. The number of hydrogen-bond donors (Lipinski definition) is 0. The summed E-state index contributed by atoms with van der Waals surface area (Å²) in [6.45, 7) is 26.2. The molecule has 0 radical (unpaired) electrons. The van der Waals surface area contributed by atoms with Crippen molar-refractivity contribution in [3.05, 3.63) is 205 Å². The summed E-state index contributed by atoms with van der Waals surface area (Å²) in [5, 5.41) is 10.5. The maximum absolute atomic E-state index is 2.54. The molecule has 0 aliphatic carbocycles. The van der Waals surface area contributed by atoms with Crippen molar-refractivity contribution in [1.29, 1.82) is 0 Å². The van der Waals surface area contributed by atoms with E-state index in [1.807, 2.05) is 0 Å². The molecular weight excluding hydrogens is 853 g/mol. The lowest BCUT2D eigenvalue weighted by Crippen LogP contribution is -2.38. The summed E-state index contributed by atoms with van der Waals surface area (Å²) in [5.74, 6) is 0. The first-order chi connectivity index (χ1) is 32.5. The molecule has 0 aromatic heterocycles. The van der Waals surface area contributed by atoms with Gasteiger partial charge in [-0.05, 0) is 117 Å². The Morgan fingerprint density at radius 3 is 1.16 bits per heavy atom. The zero-order valence-electron chi connectivity index (χ0n) is 41.8. The van der Waals surface area contributed by atoms with Crippen molar-refractivity contribution in [3.63, 3.8) is 0 Å². The molecule has 0 amide bonds. The fraction of sp³-hybridized carbons (Fsp3) is 0.188. The molecule has 0 bridgehead atoms.